The Morgan fingerprint density at radius 3 is 1.12 bits per heavy atom. The van der Waals surface area contributed by atoms with Gasteiger partial charge in [-0.05, 0) is 0 Å². The Morgan fingerprint density at radius 1 is 1.00 bits per heavy atom. The highest BCUT2D eigenvalue weighted by molar-refractivity contribution is 6.30. The third kappa shape index (κ3) is 163. The molecule has 0 amide bonds. The fourth-order valence-corrected chi connectivity index (χ4v) is 0. The molecule has 0 bridgehead atoms. The van der Waals surface area contributed by atoms with Crippen molar-refractivity contribution >= 4 is 7.32 Å². The van der Waals surface area contributed by atoms with Crippen LogP contribution in [0.3, 0.4) is 0 Å². The molecule has 0 saturated carbocycles. The van der Waals surface area contributed by atoms with Gasteiger partial charge in [-0.15, -0.1) is 0 Å². The van der Waals surface area contributed by atoms with E-state index < -0.39 is 7.32 Å². The van der Waals surface area contributed by atoms with Gasteiger partial charge in [0, 0.05) is 0 Å². The smallest absolute Gasteiger partial charge is 0.402 e. The van der Waals surface area contributed by atoms with Crippen molar-refractivity contribution in [1.29, 1.82) is 0 Å². The van der Waals surface area contributed by atoms with Gasteiger partial charge in [-0.2, -0.15) is 0 Å². The highest BCUT2D eigenvalue weighted by atomic mass is 16.5. The van der Waals surface area contributed by atoms with E-state index >= 15 is 0 Å². The molecule has 0 rings (SSSR count). The summed E-state index contributed by atoms with van der Waals surface area (Å²) in [5.41, 5.74) is 0. The second-order valence-corrected chi connectivity index (χ2v) is 1.35. The summed E-state index contributed by atoms with van der Waals surface area (Å²) in [5, 5.41) is 21.5. The molecule has 0 aliphatic carbocycles. The maximum atomic E-state index is 7.17. The molecule has 0 heterocycles. The van der Waals surface area contributed by atoms with Crippen LogP contribution in [0, 0.1) is 0 Å². The lowest BCUT2D eigenvalue weighted by Crippen LogP contribution is -2.07. The first-order valence-corrected chi connectivity index (χ1v) is 2.69. The minimum absolute atomic E-state index is 1.32. The Labute approximate surface area is 50.2 Å². The Balaban J connectivity index is 0. The average Bonchev–Trinajstić information content (AvgIpc) is 1.65. The molecule has 3 N–H and O–H groups in total. The maximum absolute atomic E-state index is 7.17. The fraction of sp³-hybridized carbons (Fsp3) is 1.00. The lowest BCUT2D eigenvalue weighted by Gasteiger charge is -1.69. The summed E-state index contributed by atoms with van der Waals surface area (Å²) < 4.78 is 0. The van der Waals surface area contributed by atoms with Crippen molar-refractivity contribution < 1.29 is 15.1 Å². The molecule has 0 radical (unpaired) electrons. The molecule has 4 heteroatoms. The van der Waals surface area contributed by atoms with Gasteiger partial charge >= 0.3 is 7.32 Å². The van der Waals surface area contributed by atoms with E-state index in [9.17, 15) is 0 Å². The quantitative estimate of drug-likeness (QED) is 0.418. The molecule has 50 valence electrons. The van der Waals surface area contributed by atoms with Crippen LogP contribution in [0.15, 0.2) is 0 Å². The second kappa shape index (κ2) is 10.0. The fourth-order valence-electron chi connectivity index (χ4n) is 0. The van der Waals surface area contributed by atoms with Gasteiger partial charge < -0.3 is 15.1 Å². The Bertz CT molecular complexity index is 27.7. The molecule has 0 spiro atoms. The largest absolute Gasteiger partial charge is 0.631 e. The van der Waals surface area contributed by atoms with E-state index in [2.05, 4.69) is 13.8 Å². The van der Waals surface area contributed by atoms with Gasteiger partial charge in [-0.1, -0.05) is 26.7 Å². The molecule has 0 unspecified atom stereocenters. The van der Waals surface area contributed by atoms with Gasteiger partial charge in [0.15, 0.2) is 0 Å². The molecule has 0 aliphatic rings. The molecule has 0 aromatic carbocycles. The molecule has 8 heavy (non-hydrogen) atoms. The summed E-state index contributed by atoms with van der Waals surface area (Å²) in [6.45, 7) is 4.36. The zero-order valence-corrected chi connectivity index (χ0v) is 5.33. The number of rotatable bonds is 1. The lowest BCUT2D eigenvalue weighted by atomic mass is 10.3. The van der Waals surface area contributed by atoms with Crippen molar-refractivity contribution in [2.45, 2.75) is 26.7 Å². The third-order valence-corrected chi connectivity index (χ3v) is 0.500. The molecule has 0 atom stereocenters. The minimum Gasteiger partial charge on any atom is -0.402 e. The Kier molecular flexibility index (Phi) is 13.6. The van der Waals surface area contributed by atoms with Crippen LogP contribution in [0.1, 0.15) is 26.7 Å². The van der Waals surface area contributed by atoms with Gasteiger partial charge in [0.25, 0.3) is 0 Å². The summed E-state index contributed by atoms with van der Waals surface area (Å²) >= 11 is 0. The number of unbranched alkanes of at least 4 members (excludes halogenated alkanes) is 1. The van der Waals surface area contributed by atoms with Crippen LogP contribution in [-0.2, 0) is 0 Å². The van der Waals surface area contributed by atoms with E-state index in [1.54, 1.807) is 0 Å². The molecule has 0 fully saturated rings. The zero-order chi connectivity index (χ0) is 6.99. The summed E-state index contributed by atoms with van der Waals surface area (Å²) in [7, 11) is -2.17. The van der Waals surface area contributed by atoms with Crippen molar-refractivity contribution in [2.24, 2.45) is 0 Å². The van der Waals surface area contributed by atoms with Crippen LogP contribution in [0.5, 0.6) is 0 Å². The molecule has 0 saturated heterocycles. The van der Waals surface area contributed by atoms with E-state index in [1.165, 1.54) is 12.8 Å². The minimum atomic E-state index is -2.17. The molecule has 3 nitrogen and oxygen atoms in total. The van der Waals surface area contributed by atoms with Gasteiger partial charge in [0.2, 0.25) is 0 Å². The van der Waals surface area contributed by atoms with Crippen molar-refractivity contribution in [2.75, 3.05) is 0 Å². The zero-order valence-electron chi connectivity index (χ0n) is 5.33. The average molecular weight is 120 g/mol. The van der Waals surface area contributed by atoms with Crippen molar-refractivity contribution in [3.8, 4) is 0 Å². The topological polar surface area (TPSA) is 60.7 Å². The Morgan fingerprint density at radius 2 is 1.12 bits per heavy atom. The second-order valence-electron chi connectivity index (χ2n) is 1.35. The van der Waals surface area contributed by atoms with E-state index in [-0.39, 0.29) is 0 Å². The van der Waals surface area contributed by atoms with Crippen molar-refractivity contribution in [3.63, 3.8) is 0 Å². The first kappa shape index (κ1) is 10.8. The van der Waals surface area contributed by atoms with Crippen LogP contribution >= 0.6 is 0 Å². The van der Waals surface area contributed by atoms with Crippen LogP contribution in [-0.4, -0.2) is 22.4 Å². The lowest BCUT2D eigenvalue weighted by molar-refractivity contribution is 0.278. The predicted octanol–water partition coefficient (Wildman–Crippen LogP) is -0.245. The van der Waals surface area contributed by atoms with Crippen LogP contribution in [0.4, 0.5) is 0 Å². The van der Waals surface area contributed by atoms with Gasteiger partial charge in [-0.3, -0.25) is 0 Å². The maximum Gasteiger partial charge on any atom is 0.631 e. The Hall–Kier alpha value is -0.0551. The molecular weight excluding hydrogens is 107 g/mol. The molecule has 0 aliphatic heterocycles. The normalized spacial score (nSPS) is 7.12. The summed E-state index contributed by atoms with van der Waals surface area (Å²) in [5.74, 6) is 0. The first-order valence-electron chi connectivity index (χ1n) is 2.69. The first-order chi connectivity index (χ1) is 3.65. The summed E-state index contributed by atoms with van der Waals surface area (Å²) in [6, 6.07) is 0. The molecule has 0 aromatic rings. The van der Waals surface area contributed by atoms with Gasteiger partial charge in [0.05, 0.1) is 0 Å². The van der Waals surface area contributed by atoms with Gasteiger partial charge in [-0.25, -0.2) is 0 Å². The van der Waals surface area contributed by atoms with E-state index in [0.29, 0.717) is 0 Å². The van der Waals surface area contributed by atoms with E-state index in [4.69, 9.17) is 15.1 Å². The highest BCUT2D eigenvalue weighted by Gasteiger charge is 1.92. The highest BCUT2D eigenvalue weighted by Crippen LogP contribution is 1.76. The number of hydrogen-bond donors (Lipinski definition) is 3. The van der Waals surface area contributed by atoms with E-state index in [0.717, 1.165) is 0 Å². The SMILES string of the molecule is CCCC.OB(O)O. The van der Waals surface area contributed by atoms with Crippen LogP contribution < -0.4 is 0 Å². The summed E-state index contributed by atoms with van der Waals surface area (Å²) in [6.07, 6.45) is 2.64. The summed E-state index contributed by atoms with van der Waals surface area (Å²) in [4.78, 5) is 0. The third-order valence-electron chi connectivity index (χ3n) is 0.500. The van der Waals surface area contributed by atoms with E-state index in [1.807, 2.05) is 0 Å². The van der Waals surface area contributed by atoms with Crippen LogP contribution in [0.2, 0.25) is 0 Å². The predicted molar refractivity (Wildman–Crippen MR) is 33.0 cm³/mol. The van der Waals surface area contributed by atoms with Crippen molar-refractivity contribution in [3.05, 3.63) is 0 Å². The van der Waals surface area contributed by atoms with Crippen LogP contribution in [0.25, 0.3) is 0 Å². The standard InChI is InChI=1S/C4H10.BH3O3/c1-3-4-2;2-1(3)4/h3-4H2,1-2H3;2-4H. The van der Waals surface area contributed by atoms with Crippen molar-refractivity contribution in [1.82, 2.24) is 0 Å². The monoisotopic (exact) mass is 120 g/mol. The number of hydrogen-bond acceptors (Lipinski definition) is 3. The molecular formula is C4H13BO3. The van der Waals surface area contributed by atoms with Gasteiger partial charge in [0.1, 0.15) is 0 Å². The molecule has 0 aromatic heterocycles.